The highest BCUT2D eigenvalue weighted by molar-refractivity contribution is 9.10. The molecule has 0 spiro atoms. The van der Waals surface area contributed by atoms with Crippen LogP contribution in [-0.2, 0) is 20.9 Å². The maximum atomic E-state index is 12.8. The molecule has 1 aliphatic heterocycles. The number of hydrogen-bond acceptors (Lipinski definition) is 6. The summed E-state index contributed by atoms with van der Waals surface area (Å²) < 4.78 is 17.8. The van der Waals surface area contributed by atoms with Crippen molar-refractivity contribution in [2.45, 2.75) is 38.7 Å². The van der Waals surface area contributed by atoms with Crippen LogP contribution in [0.1, 0.15) is 43.6 Å². The lowest BCUT2D eigenvalue weighted by atomic mass is 9.77. The van der Waals surface area contributed by atoms with Gasteiger partial charge in [-0.3, -0.25) is 4.79 Å². The monoisotopic (exact) mass is 471 g/mol. The Morgan fingerprint density at radius 1 is 1.27 bits per heavy atom. The third kappa shape index (κ3) is 3.94. The van der Waals surface area contributed by atoms with Crippen LogP contribution in [0.2, 0.25) is 0 Å². The zero-order valence-electron chi connectivity index (χ0n) is 16.8. The molecular formula is C23H22BrNO5. The second-order valence-corrected chi connectivity index (χ2v) is 8.22. The van der Waals surface area contributed by atoms with Gasteiger partial charge in [0.1, 0.15) is 23.9 Å². The summed E-state index contributed by atoms with van der Waals surface area (Å²) in [4.78, 5) is 25.3. The normalized spacial score (nSPS) is 18.8. The number of esters is 1. The molecule has 1 unspecified atom stereocenters. The number of benzene rings is 1. The molecule has 4 rings (SSSR count). The third-order valence-electron chi connectivity index (χ3n) is 5.33. The van der Waals surface area contributed by atoms with Gasteiger partial charge in [-0.05, 0) is 50.1 Å². The summed E-state index contributed by atoms with van der Waals surface area (Å²) in [6.45, 7) is 2.06. The molecule has 2 aromatic rings. The number of hydrogen-bond donors (Lipinski definition) is 1. The van der Waals surface area contributed by atoms with E-state index in [1.165, 1.54) is 7.11 Å². The van der Waals surface area contributed by atoms with E-state index < -0.39 is 11.9 Å². The molecule has 0 bridgehead atoms. The number of ketones is 1. The number of furan rings is 1. The van der Waals surface area contributed by atoms with Gasteiger partial charge >= 0.3 is 5.97 Å². The Balaban J connectivity index is 1.65. The zero-order valence-corrected chi connectivity index (χ0v) is 18.4. The Bertz CT molecular complexity index is 1070. The molecule has 0 saturated carbocycles. The number of carbonyl (C=O) groups excluding carboxylic acids is 2. The molecule has 0 saturated heterocycles. The highest BCUT2D eigenvalue weighted by Gasteiger charge is 2.40. The smallest absolute Gasteiger partial charge is 0.336 e. The zero-order chi connectivity index (χ0) is 21.3. The maximum absolute atomic E-state index is 12.8. The summed E-state index contributed by atoms with van der Waals surface area (Å²) in [5.41, 5.74) is 2.55. The van der Waals surface area contributed by atoms with Crippen molar-refractivity contribution in [3.8, 4) is 5.75 Å². The van der Waals surface area contributed by atoms with Crippen LogP contribution in [0, 0.1) is 0 Å². The fraction of sp³-hybridized carbons (Fsp3) is 0.304. The van der Waals surface area contributed by atoms with E-state index in [0.29, 0.717) is 40.5 Å². The molecule has 1 N–H and O–H groups in total. The third-order valence-corrected chi connectivity index (χ3v) is 5.82. The largest absolute Gasteiger partial charge is 0.486 e. The predicted molar refractivity (Wildman–Crippen MR) is 114 cm³/mol. The molecule has 1 atom stereocenters. The SMILES string of the molecule is COC(=O)C1=C(C)NC2=C(C(=O)CCC2)C1c1ccc(COc2cccc(Br)c2)o1. The van der Waals surface area contributed by atoms with Gasteiger partial charge in [0.15, 0.2) is 5.78 Å². The van der Waals surface area contributed by atoms with Crippen molar-refractivity contribution < 1.29 is 23.5 Å². The van der Waals surface area contributed by atoms with Gasteiger partial charge in [0, 0.05) is 27.9 Å². The quantitative estimate of drug-likeness (QED) is 0.633. The molecule has 7 heteroatoms. The minimum atomic E-state index is -0.582. The van der Waals surface area contributed by atoms with E-state index in [-0.39, 0.29) is 12.4 Å². The van der Waals surface area contributed by atoms with Gasteiger partial charge in [-0.1, -0.05) is 22.0 Å². The first kappa shape index (κ1) is 20.5. The van der Waals surface area contributed by atoms with Crippen LogP contribution in [0.5, 0.6) is 5.75 Å². The Hall–Kier alpha value is -2.80. The van der Waals surface area contributed by atoms with Gasteiger partial charge in [0.05, 0.1) is 18.6 Å². The van der Waals surface area contributed by atoms with Crippen LogP contribution in [0.25, 0.3) is 0 Å². The van der Waals surface area contributed by atoms with E-state index in [9.17, 15) is 9.59 Å². The molecule has 6 nitrogen and oxygen atoms in total. The molecule has 0 fully saturated rings. The van der Waals surface area contributed by atoms with Crippen LogP contribution in [0.3, 0.4) is 0 Å². The lowest BCUT2D eigenvalue weighted by molar-refractivity contribution is -0.136. The molecule has 0 amide bonds. The van der Waals surface area contributed by atoms with Crippen LogP contribution < -0.4 is 10.1 Å². The molecule has 156 valence electrons. The van der Waals surface area contributed by atoms with Crippen molar-refractivity contribution in [2.24, 2.45) is 0 Å². The van der Waals surface area contributed by atoms with E-state index >= 15 is 0 Å². The van der Waals surface area contributed by atoms with Crippen molar-refractivity contribution in [3.63, 3.8) is 0 Å². The molecule has 0 radical (unpaired) electrons. The van der Waals surface area contributed by atoms with E-state index in [0.717, 1.165) is 23.0 Å². The molecular weight excluding hydrogens is 450 g/mol. The average Bonchev–Trinajstić information content (AvgIpc) is 3.20. The van der Waals surface area contributed by atoms with Gasteiger partial charge < -0.3 is 19.2 Å². The molecule has 30 heavy (non-hydrogen) atoms. The minimum Gasteiger partial charge on any atom is -0.486 e. The van der Waals surface area contributed by atoms with Gasteiger partial charge in [-0.2, -0.15) is 0 Å². The number of methoxy groups -OCH3 is 1. The van der Waals surface area contributed by atoms with Crippen molar-refractivity contribution in [2.75, 3.05) is 7.11 Å². The topological polar surface area (TPSA) is 77.8 Å². The summed E-state index contributed by atoms with van der Waals surface area (Å²) in [5.74, 6) is 0.829. The molecule has 1 aromatic heterocycles. The maximum Gasteiger partial charge on any atom is 0.336 e. The van der Waals surface area contributed by atoms with Crippen LogP contribution >= 0.6 is 15.9 Å². The van der Waals surface area contributed by atoms with E-state index in [2.05, 4.69) is 21.2 Å². The van der Waals surface area contributed by atoms with E-state index in [1.54, 1.807) is 6.07 Å². The number of carbonyl (C=O) groups is 2. The number of halogens is 1. The van der Waals surface area contributed by atoms with Crippen molar-refractivity contribution in [1.29, 1.82) is 0 Å². The summed E-state index contributed by atoms with van der Waals surface area (Å²) >= 11 is 3.42. The fourth-order valence-corrected chi connectivity index (χ4v) is 4.37. The summed E-state index contributed by atoms with van der Waals surface area (Å²) in [6.07, 6.45) is 2.02. The lowest BCUT2D eigenvalue weighted by Gasteiger charge is -2.32. The first-order chi connectivity index (χ1) is 14.5. The molecule has 2 aliphatic rings. The predicted octanol–water partition coefficient (Wildman–Crippen LogP) is 4.76. The fourth-order valence-electron chi connectivity index (χ4n) is 3.99. The lowest BCUT2D eigenvalue weighted by Crippen LogP contribution is -2.34. The number of Topliss-reactive ketones (excluding diaryl/α,β-unsaturated/α-hetero) is 1. The highest BCUT2D eigenvalue weighted by Crippen LogP contribution is 2.43. The molecule has 1 aliphatic carbocycles. The van der Waals surface area contributed by atoms with Crippen LogP contribution in [0.15, 0.2) is 67.8 Å². The Labute approximate surface area is 183 Å². The average molecular weight is 472 g/mol. The summed E-state index contributed by atoms with van der Waals surface area (Å²) in [6, 6.07) is 11.2. The molecule has 1 aromatic carbocycles. The second-order valence-electron chi connectivity index (χ2n) is 7.31. The van der Waals surface area contributed by atoms with Gasteiger partial charge in [0.2, 0.25) is 0 Å². The first-order valence-electron chi connectivity index (χ1n) is 9.77. The number of allylic oxidation sites excluding steroid dienone is 3. The second kappa shape index (κ2) is 8.52. The summed E-state index contributed by atoms with van der Waals surface area (Å²) in [5, 5.41) is 3.24. The van der Waals surface area contributed by atoms with Gasteiger partial charge in [-0.15, -0.1) is 0 Å². The van der Waals surface area contributed by atoms with Crippen molar-refractivity contribution in [3.05, 3.63) is 74.9 Å². The number of dihydropyridines is 1. The number of rotatable bonds is 5. The van der Waals surface area contributed by atoms with E-state index in [4.69, 9.17) is 13.9 Å². The van der Waals surface area contributed by atoms with Gasteiger partial charge in [0.25, 0.3) is 0 Å². The Morgan fingerprint density at radius 2 is 2.10 bits per heavy atom. The first-order valence-corrected chi connectivity index (χ1v) is 10.6. The van der Waals surface area contributed by atoms with Crippen molar-refractivity contribution in [1.82, 2.24) is 5.32 Å². The van der Waals surface area contributed by atoms with Crippen LogP contribution in [-0.4, -0.2) is 18.9 Å². The number of nitrogens with one attached hydrogen (secondary N) is 1. The summed E-state index contributed by atoms with van der Waals surface area (Å²) in [7, 11) is 1.34. The number of ether oxygens (including phenoxy) is 2. The van der Waals surface area contributed by atoms with Crippen LogP contribution in [0.4, 0.5) is 0 Å². The minimum absolute atomic E-state index is 0.0333. The van der Waals surface area contributed by atoms with Gasteiger partial charge in [-0.25, -0.2) is 4.79 Å². The Kier molecular flexibility index (Phi) is 5.81. The standard InChI is InChI=1S/C23H22BrNO5/c1-13-20(23(27)28-2)22(21-17(25-13)7-4-8-18(21)26)19-10-9-16(30-19)12-29-15-6-3-5-14(24)11-15/h3,5-6,9-11,22,25H,4,7-8,12H2,1-2H3. The Morgan fingerprint density at radius 3 is 2.87 bits per heavy atom. The van der Waals surface area contributed by atoms with E-state index in [1.807, 2.05) is 37.3 Å². The van der Waals surface area contributed by atoms with Crippen molar-refractivity contribution >= 4 is 27.7 Å². The molecule has 2 heterocycles. The highest BCUT2D eigenvalue weighted by atomic mass is 79.9.